The van der Waals surface area contributed by atoms with Crippen molar-refractivity contribution in [3.63, 3.8) is 0 Å². The molecule has 1 aromatic heterocycles. The number of fused-ring (bicyclic) bond motifs is 1. The third kappa shape index (κ3) is 4.49. The minimum absolute atomic E-state index is 0.0227. The van der Waals surface area contributed by atoms with Crippen molar-refractivity contribution in [3.05, 3.63) is 46.9 Å². The lowest BCUT2D eigenvalue weighted by Crippen LogP contribution is -2.36. The normalized spacial score (nSPS) is 17.8. The van der Waals surface area contributed by atoms with Gasteiger partial charge in [0.15, 0.2) is 18.2 Å². The Bertz CT molecular complexity index is 1030. The SMILES string of the molecule is CNc1nc([C@@H]2CCN(C(=O)COc3ccc(F)cc3F)C2)nc2c1CN(C(C)=O)CC2. The van der Waals surface area contributed by atoms with Gasteiger partial charge in [-0.05, 0) is 18.6 Å². The van der Waals surface area contributed by atoms with Crippen LogP contribution in [-0.2, 0) is 22.6 Å². The summed E-state index contributed by atoms with van der Waals surface area (Å²) in [6.45, 7) is 3.28. The number of hydrogen-bond acceptors (Lipinski definition) is 6. The molecule has 1 fully saturated rings. The van der Waals surface area contributed by atoms with Crippen LogP contribution < -0.4 is 10.1 Å². The van der Waals surface area contributed by atoms with Gasteiger partial charge >= 0.3 is 0 Å². The van der Waals surface area contributed by atoms with Crippen LogP contribution in [0.3, 0.4) is 0 Å². The number of amides is 2. The number of ether oxygens (including phenoxy) is 1. The van der Waals surface area contributed by atoms with Crippen molar-refractivity contribution in [2.75, 3.05) is 38.6 Å². The first-order valence-electron chi connectivity index (χ1n) is 10.5. The fourth-order valence-corrected chi connectivity index (χ4v) is 4.11. The lowest BCUT2D eigenvalue weighted by molar-refractivity contribution is -0.132. The molecule has 1 aromatic carbocycles. The average Bonchev–Trinajstić information content (AvgIpc) is 3.27. The van der Waals surface area contributed by atoms with Crippen LogP contribution in [0.15, 0.2) is 18.2 Å². The third-order valence-electron chi connectivity index (χ3n) is 5.91. The molecule has 0 aliphatic carbocycles. The standard InChI is InChI=1S/C22H25F2N5O3/c1-13(30)28-8-6-18-16(11-28)22(25-2)27-21(26-18)14-5-7-29(10-14)20(31)12-32-19-4-3-15(23)9-17(19)24/h3-4,9,14H,5-8,10-12H2,1-2H3,(H,25,26,27)/t14-/m1/s1. The highest BCUT2D eigenvalue weighted by atomic mass is 19.1. The van der Waals surface area contributed by atoms with Gasteiger partial charge < -0.3 is 19.9 Å². The maximum atomic E-state index is 13.7. The van der Waals surface area contributed by atoms with Gasteiger partial charge in [0.2, 0.25) is 5.91 Å². The molecule has 2 amide bonds. The smallest absolute Gasteiger partial charge is 0.260 e. The van der Waals surface area contributed by atoms with Crippen molar-refractivity contribution >= 4 is 17.6 Å². The first kappa shape index (κ1) is 21.9. The van der Waals surface area contributed by atoms with E-state index in [1.165, 1.54) is 0 Å². The highest BCUT2D eigenvalue weighted by Crippen LogP contribution is 2.30. The Labute approximate surface area is 184 Å². The van der Waals surface area contributed by atoms with Gasteiger partial charge in [0.1, 0.15) is 17.5 Å². The first-order chi connectivity index (χ1) is 15.4. The van der Waals surface area contributed by atoms with Gasteiger partial charge in [0.25, 0.3) is 5.91 Å². The molecule has 0 unspecified atom stereocenters. The molecule has 0 radical (unpaired) electrons. The van der Waals surface area contributed by atoms with Gasteiger partial charge in [-0.25, -0.2) is 18.7 Å². The van der Waals surface area contributed by atoms with Gasteiger partial charge in [-0.2, -0.15) is 0 Å². The van der Waals surface area contributed by atoms with Gasteiger partial charge in [0, 0.05) is 57.6 Å². The number of carbonyl (C=O) groups excluding carboxylic acids is 2. The lowest BCUT2D eigenvalue weighted by Gasteiger charge is -2.29. The summed E-state index contributed by atoms with van der Waals surface area (Å²) in [6, 6.07) is 2.96. The predicted molar refractivity (Wildman–Crippen MR) is 112 cm³/mol. The minimum Gasteiger partial charge on any atom is -0.481 e. The molecule has 10 heteroatoms. The minimum atomic E-state index is -0.845. The molecule has 0 spiro atoms. The fraction of sp³-hybridized carbons (Fsp3) is 0.455. The maximum Gasteiger partial charge on any atom is 0.260 e. The van der Waals surface area contributed by atoms with E-state index in [4.69, 9.17) is 9.72 Å². The number of halogens is 2. The second-order valence-corrected chi connectivity index (χ2v) is 7.99. The monoisotopic (exact) mass is 445 g/mol. The zero-order valence-electron chi connectivity index (χ0n) is 18.0. The van der Waals surface area contributed by atoms with Crippen molar-refractivity contribution < 1.29 is 23.1 Å². The molecule has 1 N–H and O–H groups in total. The number of anilines is 1. The lowest BCUT2D eigenvalue weighted by atomic mass is 10.0. The van der Waals surface area contributed by atoms with E-state index in [1.54, 1.807) is 23.8 Å². The summed E-state index contributed by atoms with van der Waals surface area (Å²) in [5, 5.41) is 3.11. The molecule has 2 aliphatic heterocycles. The molecular weight excluding hydrogens is 420 g/mol. The van der Waals surface area contributed by atoms with Crippen molar-refractivity contribution in [2.45, 2.75) is 32.2 Å². The van der Waals surface area contributed by atoms with Gasteiger partial charge in [-0.15, -0.1) is 0 Å². The van der Waals surface area contributed by atoms with Crippen LogP contribution in [0.4, 0.5) is 14.6 Å². The number of rotatable bonds is 5. The molecule has 8 nitrogen and oxygen atoms in total. The Morgan fingerprint density at radius 3 is 2.75 bits per heavy atom. The summed E-state index contributed by atoms with van der Waals surface area (Å²) in [7, 11) is 1.79. The van der Waals surface area contributed by atoms with E-state index in [9.17, 15) is 18.4 Å². The van der Waals surface area contributed by atoms with Crippen molar-refractivity contribution in [3.8, 4) is 5.75 Å². The Morgan fingerprint density at radius 2 is 2.03 bits per heavy atom. The topological polar surface area (TPSA) is 87.7 Å². The largest absolute Gasteiger partial charge is 0.481 e. The summed E-state index contributed by atoms with van der Waals surface area (Å²) in [6.07, 6.45) is 1.36. The van der Waals surface area contributed by atoms with E-state index in [-0.39, 0.29) is 30.1 Å². The number of hydrogen-bond donors (Lipinski definition) is 1. The predicted octanol–water partition coefficient (Wildman–Crippen LogP) is 2.10. The van der Waals surface area contributed by atoms with Crippen LogP contribution in [0, 0.1) is 11.6 Å². The van der Waals surface area contributed by atoms with E-state index in [1.807, 2.05) is 0 Å². The molecule has 1 atom stereocenters. The van der Waals surface area contributed by atoms with Gasteiger partial charge in [-0.3, -0.25) is 9.59 Å². The maximum absolute atomic E-state index is 13.7. The van der Waals surface area contributed by atoms with Crippen molar-refractivity contribution in [1.82, 2.24) is 19.8 Å². The first-order valence-corrected chi connectivity index (χ1v) is 10.5. The summed E-state index contributed by atoms with van der Waals surface area (Å²) < 4.78 is 32.0. The molecule has 170 valence electrons. The second-order valence-electron chi connectivity index (χ2n) is 7.99. The van der Waals surface area contributed by atoms with Gasteiger partial charge in [0.05, 0.1) is 12.2 Å². The fourth-order valence-electron chi connectivity index (χ4n) is 4.11. The number of benzene rings is 1. The average molecular weight is 445 g/mol. The van der Waals surface area contributed by atoms with Gasteiger partial charge in [-0.1, -0.05) is 0 Å². The summed E-state index contributed by atoms with van der Waals surface area (Å²) in [5.41, 5.74) is 1.86. The molecule has 4 rings (SSSR count). The Hall–Kier alpha value is -3.30. The number of nitrogens with zero attached hydrogens (tertiary/aromatic N) is 4. The number of carbonyl (C=O) groups is 2. The molecule has 2 aliphatic rings. The molecular formula is C22H25F2N5O3. The molecule has 2 aromatic rings. The summed E-state index contributed by atoms with van der Waals surface area (Å²) in [5.74, 6) is -0.613. The number of aromatic nitrogens is 2. The highest BCUT2D eigenvalue weighted by molar-refractivity contribution is 5.78. The van der Waals surface area contributed by atoms with E-state index in [2.05, 4.69) is 10.3 Å². The zero-order chi connectivity index (χ0) is 22.8. The van der Waals surface area contributed by atoms with Crippen LogP contribution in [0.2, 0.25) is 0 Å². The quantitative estimate of drug-likeness (QED) is 0.759. The van der Waals surface area contributed by atoms with E-state index >= 15 is 0 Å². The van der Waals surface area contributed by atoms with E-state index < -0.39 is 11.6 Å². The highest BCUT2D eigenvalue weighted by Gasteiger charge is 2.32. The Balaban J connectivity index is 1.42. The van der Waals surface area contributed by atoms with Crippen LogP contribution in [0.25, 0.3) is 0 Å². The summed E-state index contributed by atoms with van der Waals surface area (Å²) >= 11 is 0. The molecule has 0 saturated carbocycles. The Morgan fingerprint density at radius 1 is 1.22 bits per heavy atom. The number of likely N-dealkylation sites (tertiary alicyclic amines) is 1. The zero-order valence-corrected chi connectivity index (χ0v) is 18.0. The molecule has 32 heavy (non-hydrogen) atoms. The second kappa shape index (κ2) is 9.05. The number of nitrogens with one attached hydrogen (secondary N) is 1. The Kier molecular flexibility index (Phi) is 6.20. The third-order valence-corrected chi connectivity index (χ3v) is 5.91. The molecule has 0 bridgehead atoms. The van der Waals surface area contributed by atoms with Crippen LogP contribution in [0.5, 0.6) is 5.75 Å². The van der Waals surface area contributed by atoms with Crippen molar-refractivity contribution in [1.29, 1.82) is 0 Å². The molecule has 3 heterocycles. The van der Waals surface area contributed by atoms with Crippen molar-refractivity contribution in [2.24, 2.45) is 0 Å². The van der Waals surface area contributed by atoms with E-state index in [0.29, 0.717) is 56.7 Å². The van der Waals surface area contributed by atoms with Crippen LogP contribution in [0.1, 0.15) is 36.3 Å². The van der Waals surface area contributed by atoms with E-state index in [0.717, 1.165) is 23.4 Å². The molecule has 1 saturated heterocycles. The van der Waals surface area contributed by atoms with Crippen LogP contribution >= 0.6 is 0 Å². The van der Waals surface area contributed by atoms with Crippen LogP contribution in [-0.4, -0.2) is 64.9 Å². The summed E-state index contributed by atoms with van der Waals surface area (Å²) in [4.78, 5) is 37.1.